The van der Waals surface area contributed by atoms with E-state index in [0.29, 0.717) is 29.5 Å². The number of ether oxygens (including phenoxy) is 2. The Morgan fingerprint density at radius 1 is 1.09 bits per heavy atom. The van der Waals surface area contributed by atoms with Gasteiger partial charge in [-0.15, -0.1) is 0 Å². The summed E-state index contributed by atoms with van der Waals surface area (Å²) in [6.07, 6.45) is 2.88. The predicted molar refractivity (Wildman–Crippen MR) is 126 cm³/mol. The molecule has 0 saturated carbocycles. The van der Waals surface area contributed by atoms with Crippen LogP contribution in [0.3, 0.4) is 0 Å². The van der Waals surface area contributed by atoms with Crippen LogP contribution in [0, 0.1) is 5.92 Å². The lowest BCUT2D eigenvalue weighted by molar-refractivity contribution is -0.130. The fraction of sp³-hybridized carbons (Fsp3) is 0.375. The summed E-state index contributed by atoms with van der Waals surface area (Å²) in [7, 11) is 0. The number of hydrogen-bond donors (Lipinski definition) is 2. The first-order valence-electron chi connectivity index (χ1n) is 10.6. The van der Waals surface area contributed by atoms with E-state index < -0.39 is 17.9 Å². The van der Waals surface area contributed by atoms with Crippen LogP contribution in [0.25, 0.3) is 0 Å². The van der Waals surface area contributed by atoms with Gasteiger partial charge < -0.3 is 14.8 Å². The molecule has 0 aliphatic carbocycles. The summed E-state index contributed by atoms with van der Waals surface area (Å²) < 4.78 is 11.1. The van der Waals surface area contributed by atoms with Crippen molar-refractivity contribution in [3.8, 4) is 11.5 Å². The summed E-state index contributed by atoms with van der Waals surface area (Å²) >= 11 is 5.84. The molecule has 1 atom stereocenters. The SMILES string of the molecule is CCCOc1ccccc1/C=N\NC(=O)[C@@H](CC(C)C)NC(=O)COc1ccc(Cl)cc1. The quantitative estimate of drug-likeness (QED) is 0.368. The van der Waals surface area contributed by atoms with Gasteiger partial charge in [-0.1, -0.05) is 44.5 Å². The largest absolute Gasteiger partial charge is 0.493 e. The van der Waals surface area contributed by atoms with Crippen molar-refractivity contribution in [3.63, 3.8) is 0 Å². The highest BCUT2D eigenvalue weighted by molar-refractivity contribution is 6.30. The molecule has 32 heavy (non-hydrogen) atoms. The van der Waals surface area contributed by atoms with Gasteiger partial charge in [-0.2, -0.15) is 5.10 Å². The first-order valence-corrected chi connectivity index (χ1v) is 11.0. The molecule has 0 bridgehead atoms. The van der Waals surface area contributed by atoms with Gasteiger partial charge in [0.05, 0.1) is 12.8 Å². The number of halogens is 1. The van der Waals surface area contributed by atoms with Crippen LogP contribution in [0.15, 0.2) is 53.6 Å². The first kappa shape index (κ1) is 25.2. The van der Waals surface area contributed by atoms with Crippen molar-refractivity contribution in [3.05, 3.63) is 59.1 Å². The molecule has 0 fully saturated rings. The molecule has 0 unspecified atom stereocenters. The van der Waals surface area contributed by atoms with Crippen LogP contribution in [0.2, 0.25) is 5.02 Å². The molecule has 172 valence electrons. The Balaban J connectivity index is 1.93. The zero-order valence-corrected chi connectivity index (χ0v) is 19.4. The van der Waals surface area contributed by atoms with Gasteiger partial charge in [0, 0.05) is 10.6 Å². The normalized spacial score (nSPS) is 11.9. The van der Waals surface area contributed by atoms with Gasteiger partial charge in [0.1, 0.15) is 17.5 Å². The van der Waals surface area contributed by atoms with E-state index in [1.54, 1.807) is 24.3 Å². The lowest BCUT2D eigenvalue weighted by atomic mass is 10.0. The Bertz CT molecular complexity index is 900. The molecular formula is C24H30ClN3O4. The third kappa shape index (κ3) is 8.98. The third-order valence-corrected chi connectivity index (χ3v) is 4.55. The predicted octanol–water partition coefficient (Wildman–Crippen LogP) is 4.19. The lowest BCUT2D eigenvalue weighted by Crippen LogP contribution is -2.47. The van der Waals surface area contributed by atoms with E-state index in [-0.39, 0.29) is 12.5 Å². The molecule has 0 radical (unpaired) electrons. The van der Waals surface area contributed by atoms with Gasteiger partial charge in [0.25, 0.3) is 11.8 Å². The highest BCUT2D eigenvalue weighted by Gasteiger charge is 2.22. The second kappa shape index (κ2) is 13.4. The number of nitrogens with one attached hydrogen (secondary N) is 2. The van der Waals surface area contributed by atoms with Crippen LogP contribution in [-0.2, 0) is 9.59 Å². The minimum absolute atomic E-state index is 0.190. The molecule has 2 rings (SSSR count). The highest BCUT2D eigenvalue weighted by Crippen LogP contribution is 2.16. The Hall–Kier alpha value is -3.06. The molecule has 8 heteroatoms. The highest BCUT2D eigenvalue weighted by atomic mass is 35.5. The van der Waals surface area contributed by atoms with Crippen LogP contribution in [0.5, 0.6) is 11.5 Å². The first-order chi connectivity index (χ1) is 15.4. The van der Waals surface area contributed by atoms with E-state index in [1.807, 2.05) is 45.0 Å². The van der Waals surface area contributed by atoms with Gasteiger partial charge in [-0.3, -0.25) is 9.59 Å². The van der Waals surface area contributed by atoms with E-state index >= 15 is 0 Å². The number of benzene rings is 2. The Morgan fingerprint density at radius 3 is 2.50 bits per heavy atom. The fourth-order valence-corrected chi connectivity index (χ4v) is 2.92. The second-order valence-corrected chi connectivity index (χ2v) is 8.05. The van der Waals surface area contributed by atoms with Crippen LogP contribution >= 0.6 is 11.6 Å². The van der Waals surface area contributed by atoms with Crippen molar-refractivity contribution >= 4 is 29.6 Å². The van der Waals surface area contributed by atoms with Crippen molar-refractivity contribution in [2.75, 3.05) is 13.2 Å². The van der Waals surface area contributed by atoms with Crippen LogP contribution in [0.4, 0.5) is 0 Å². The minimum Gasteiger partial charge on any atom is -0.493 e. The zero-order valence-electron chi connectivity index (χ0n) is 18.6. The average molecular weight is 460 g/mol. The maximum atomic E-state index is 12.6. The van der Waals surface area contributed by atoms with Crippen molar-refractivity contribution in [2.45, 2.75) is 39.7 Å². The second-order valence-electron chi connectivity index (χ2n) is 7.61. The van der Waals surface area contributed by atoms with Crippen LogP contribution in [0.1, 0.15) is 39.2 Å². The molecule has 2 amide bonds. The zero-order chi connectivity index (χ0) is 23.3. The number of amides is 2. The monoisotopic (exact) mass is 459 g/mol. The molecule has 0 heterocycles. The van der Waals surface area contributed by atoms with Crippen LogP contribution in [-0.4, -0.2) is 37.3 Å². The summed E-state index contributed by atoms with van der Waals surface area (Å²) in [6, 6.07) is 13.4. The Kier molecular flexibility index (Phi) is 10.5. The number of nitrogens with zero attached hydrogens (tertiary/aromatic N) is 1. The molecule has 2 N–H and O–H groups in total. The molecule has 2 aromatic carbocycles. The molecule has 2 aromatic rings. The molecule has 0 aliphatic rings. The van der Waals surface area contributed by atoms with Crippen molar-refractivity contribution in [2.24, 2.45) is 11.0 Å². The molecular weight excluding hydrogens is 430 g/mol. The molecule has 0 aliphatic heterocycles. The van der Waals surface area contributed by atoms with E-state index in [0.717, 1.165) is 12.0 Å². The Labute approximate surface area is 194 Å². The van der Waals surface area contributed by atoms with E-state index in [1.165, 1.54) is 6.21 Å². The van der Waals surface area contributed by atoms with Gasteiger partial charge >= 0.3 is 0 Å². The van der Waals surface area contributed by atoms with Gasteiger partial charge in [0.15, 0.2) is 6.61 Å². The van der Waals surface area contributed by atoms with Crippen LogP contribution < -0.4 is 20.2 Å². The van der Waals surface area contributed by atoms with Crippen molar-refractivity contribution < 1.29 is 19.1 Å². The molecule has 0 saturated heterocycles. The standard InChI is InChI=1S/C24H30ClN3O4/c1-4-13-31-22-8-6-5-7-18(22)15-26-28-24(30)21(14-17(2)3)27-23(29)16-32-20-11-9-19(25)10-12-20/h5-12,15,17,21H,4,13-14,16H2,1-3H3,(H,27,29)(H,28,30)/b26-15-/t21-/m1/s1. The summed E-state index contributed by atoms with van der Waals surface area (Å²) in [5.74, 6) is 0.599. The minimum atomic E-state index is -0.736. The van der Waals surface area contributed by atoms with Gasteiger partial charge in [-0.05, 0) is 55.2 Å². The summed E-state index contributed by atoms with van der Waals surface area (Å²) in [4.78, 5) is 25.0. The molecule has 7 nitrogen and oxygen atoms in total. The van der Waals surface area contributed by atoms with Crippen molar-refractivity contribution in [1.82, 2.24) is 10.7 Å². The van der Waals surface area contributed by atoms with Gasteiger partial charge in [-0.25, -0.2) is 5.43 Å². The smallest absolute Gasteiger partial charge is 0.262 e. The maximum Gasteiger partial charge on any atom is 0.262 e. The van der Waals surface area contributed by atoms with Gasteiger partial charge in [0.2, 0.25) is 0 Å². The number of hydrazone groups is 1. The molecule has 0 aromatic heterocycles. The average Bonchev–Trinajstić information content (AvgIpc) is 2.77. The number of para-hydroxylation sites is 1. The number of hydrogen-bond acceptors (Lipinski definition) is 5. The van der Waals surface area contributed by atoms with E-state index in [9.17, 15) is 9.59 Å². The number of carbonyl (C=O) groups is 2. The Morgan fingerprint density at radius 2 is 1.81 bits per heavy atom. The summed E-state index contributed by atoms with van der Waals surface area (Å²) in [5.41, 5.74) is 3.26. The number of rotatable bonds is 12. The van der Waals surface area contributed by atoms with E-state index in [2.05, 4.69) is 15.8 Å². The number of carbonyl (C=O) groups excluding carboxylic acids is 2. The summed E-state index contributed by atoms with van der Waals surface area (Å²) in [6.45, 7) is 6.36. The van der Waals surface area contributed by atoms with Crippen molar-refractivity contribution in [1.29, 1.82) is 0 Å². The summed E-state index contributed by atoms with van der Waals surface area (Å²) in [5, 5.41) is 7.34. The lowest BCUT2D eigenvalue weighted by Gasteiger charge is -2.19. The third-order valence-electron chi connectivity index (χ3n) is 4.30. The topological polar surface area (TPSA) is 89.0 Å². The fourth-order valence-electron chi connectivity index (χ4n) is 2.79. The van der Waals surface area contributed by atoms with E-state index in [4.69, 9.17) is 21.1 Å². The molecule has 0 spiro atoms. The maximum absolute atomic E-state index is 12.6.